The van der Waals surface area contributed by atoms with Crippen LogP contribution < -0.4 is 5.32 Å². The normalized spacial score (nSPS) is 16.4. The molecule has 1 aromatic carbocycles. The van der Waals surface area contributed by atoms with Crippen molar-refractivity contribution in [3.8, 4) is 0 Å². The predicted octanol–water partition coefficient (Wildman–Crippen LogP) is 3.79. The average Bonchev–Trinajstić information content (AvgIpc) is 2.97. The summed E-state index contributed by atoms with van der Waals surface area (Å²) < 4.78 is 20.2. The summed E-state index contributed by atoms with van der Waals surface area (Å²) >= 11 is 1.34. The Kier molecular flexibility index (Phi) is 6.04. The van der Waals surface area contributed by atoms with Gasteiger partial charge in [-0.25, -0.2) is 4.39 Å². The molecule has 2 heterocycles. The molecule has 1 aliphatic rings. The lowest BCUT2D eigenvalue weighted by Crippen LogP contribution is -2.44. The van der Waals surface area contributed by atoms with Gasteiger partial charge in [0.25, 0.3) is 5.91 Å². The molecular formula is C19H25FN2O2S. The topological polar surface area (TPSA) is 41.6 Å². The van der Waals surface area contributed by atoms with Gasteiger partial charge in [0.2, 0.25) is 0 Å². The third-order valence-electron chi connectivity index (χ3n) is 4.72. The van der Waals surface area contributed by atoms with Crippen molar-refractivity contribution in [1.82, 2.24) is 10.2 Å². The summed E-state index contributed by atoms with van der Waals surface area (Å²) in [5, 5.41) is 3.66. The van der Waals surface area contributed by atoms with Crippen LogP contribution in [0.15, 0.2) is 18.2 Å². The van der Waals surface area contributed by atoms with Crippen molar-refractivity contribution in [2.75, 3.05) is 26.7 Å². The average molecular weight is 364 g/mol. The Morgan fingerprint density at radius 1 is 1.40 bits per heavy atom. The Hall–Kier alpha value is -1.50. The number of piperidine rings is 1. The molecule has 0 radical (unpaired) electrons. The second-order valence-electron chi connectivity index (χ2n) is 6.55. The number of hydrogen-bond acceptors (Lipinski definition) is 4. The molecule has 6 heteroatoms. The third kappa shape index (κ3) is 4.02. The smallest absolute Gasteiger partial charge is 0.261 e. The van der Waals surface area contributed by atoms with Crippen LogP contribution in [-0.2, 0) is 11.3 Å². The van der Waals surface area contributed by atoms with Crippen molar-refractivity contribution < 1.29 is 13.9 Å². The van der Waals surface area contributed by atoms with Crippen LogP contribution in [0, 0.1) is 5.82 Å². The van der Waals surface area contributed by atoms with E-state index in [2.05, 4.69) is 17.1 Å². The molecule has 4 nitrogen and oxygen atoms in total. The Labute approximate surface area is 152 Å². The summed E-state index contributed by atoms with van der Waals surface area (Å²) in [6.45, 7) is 5.58. The van der Waals surface area contributed by atoms with E-state index in [-0.39, 0.29) is 24.4 Å². The Bertz CT molecular complexity index is 738. The highest BCUT2D eigenvalue weighted by atomic mass is 32.1. The van der Waals surface area contributed by atoms with Crippen molar-refractivity contribution in [3.05, 3.63) is 34.5 Å². The number of hydrogen-bond donors (Lipinski definition) is 1. The van der Waals surface area contributed by atoms with Gasteiger partial charge in [0.05, 0.1) is 11.5 Å². The summed E-state index contributed by atoms with van der Waals surface area (Å²) in [5.41, 5.74) is 0.654. The highest BCUT2D eigenvalue weighted by Crippen LogP contribution is 2.34. The van der Waals surface area contributed by atoms with Gasteiger partial charge in [-0.05, 0) is 37.9 Å². The van der Waals surface area contributed by atoms with Crippen molar-refractivity contribution in [3.63, 3.8) is 0 Å². The minimum absolute atomic E-state index is 0.110. The molecule has 1 saturated heterocycles. The van der Waals surface area contributed by atoms with E-state index in [0.717, 1.165) is 43.6 Å². The first-order valence-corrected chi connectivity index (χ1v) is 9.67. The van der Waals surface area contributed by atoms with E-state index in [1.165, 1.54) is 17.4 Å². The number of nitrogens with one attached hydrogen (secondary N) is 1. The minimum Gasteiger partial charge on any atom is -0.380 e. The van der Waals surface area contributed by atoms with Gasteiger partial charge in [-0.2, -0.15) is 0 Å². The number of halogens is 1. The van der Waals surface area contributed by atoms with Gasteiger partial charge in [0.1, 0.15) is 5.82 Å². The number of fused-ring (bicyclic) bond motifs is 1. The standard InChI is InChI=1S/C19H25FN2O2S/c1-3-9-22-10-7-13(8-11-22)21-19(23)18-14(12-24-2)17-15(20)5-4-6-16(17)25-18/h4-6,13H,3,7-12H2,1-2H3,(H,21,23). The quantitative estimate of drug-likeness (QED) is 0.848. The molecule has 25 heavy (non-hydrogen) atoms. The SMILES string of the molecule is CCCN1CCC(NC(=O)c2sc3cccc(F)c3c2COC)CC1. The molecule has 3 rings (SSSR count). The maximum absolute atomic E-state index is 14.2. The van der Waals surface area contributed by atoms with Crippen LogP contribution in [-0.4, -0.2) is 43.6 Å². The maximum atomic E-state index is 14.2. The second-order valence-corrected chi connectivity index (χ2v) is 7.60. The van der Waals surface area contributed by atoms with E-state index in [0.29, 0.717) is 15.8 Å². The number of benzene rings is 1. The summed E-state index contributed by atoms with van der Waals surface area (Å²) in [4.78, 5) is 15.8. The molecule has 1 fully saturated rings. The van der Waals surface area contributed by atoms with E-state index in [4.69, 9.17) is 4.74 Å². The molecule has 1 amide bonds. The van der Waals surface area contributed by atoms with Crippen molar-refractivity contribution in [2.24, 2.45) is 0 Å². The van der Waals surface area contributed by atoms with E-state index >= 15 is 0 Å². The molecule has 1 aromatic heterocycles. The lowest BCUT2D eigenvalue weighted by atomic mass is 10.0. The third-order valence-corrected chi connectivity index (χ3v) is 5.92. The van der Waals surface area contributed by atoms with Crippen LogP contribution in [0.2, 0.25) is 0 Å². The van der Waals surface area contributed by atoms with Crippen molar-refractivity contribution in [1.29, 1.82) is 0 Å². The van der Waals surface area contributed by atoms with Crippen LogP contribution in [0.25, 0.3) is 10.1 Å². The van der Waals surface area contributed by atoms with Crippen LogP contribution in [0.5, 0.6) is 0 Å². The molecule has 1 aliphatic heterocycles. The summed E-state index contributed by atoms with van der Waals surface area (Å²) in [6.07, 6.45) is 3.08. The van der Waals surface area contributed by atoms with Gasteiger partial charge < -0.3 is 15.0 Å². The molecule has 1 N–H and O–H groups in total. The minimum atomic E-state index is -0.298. The fourth-order valence-corrected chi connectivity index (χ4v) is 4.63. The zero-order chi connectivity index (χ0) is 17.8. The Balaban J connectivity index is 1.76. The molecule has 0 spiro atoms. The molecule has 136 valence electrons. The van der Waals surface area contributed by atoms with Crippen molar-refractivity contribution >= 4 is 27.3 Å². The van der Waals surface area contributed by atoms with E-state index in [1.807, 2.05) is 6.07 Å². The molecule has 2 aromatic rings. The Morgan fingerprint density at radius 2 is 2.16 bits per heavy atom. The number of methoxy groups -OCH3 is 1. The molecule has 0 aliphatic carbocycles. The number of thiophene rings is 1. The summed E-state index contributed by atoms with van der Waals surface area (Å²) in [5.74, 6) is -0.408. The van der Waals surface area contributed by atoms with Gasteiger partial charge in [-0.15, -0.1) is 11.3 Å². The lowest BCUT2D eigenvalue weighted by Gasteiger charge is -2.32. The first kappa shape index (κ1) is 18.3. The number of ether oxygens (including phenoxy) is 1. The van der Waals surface area contributed by atoms with Gasteiger partial charge in [0.15, 0.2) is 0 Å². The maximum Gasteiger partial charge on any atom is 0.261 e. The Morgan fingerprint density at radius 3 is 2.84 bits per heavy atom. The monoisotopic (exact) mass is 364 g/mol. The number of likely N-dealkylation sites (tertiary alicyclic amines) is 1. The van der Waals surface area contributed by atoms with Crippen LogP contribution in [0.1, 0.15) is 41.4 Å². The zero-order valence-corrected chi connectivity index (χ0v) is 15.6. The number of nitrogens with zero attached hydrogens (tertiary/aromatic N) is 1. The van der Waals surface area contributed by atoms with Gasteiger partial charge in [-0.3, -0.25) is 4.79 Å². The second kappa shape index (κ2) is 8.25. The molecular weight excluding hydrogens is 339 g/mol. The summed E-state index contributed by atoms with van der Waals surface area (Å²) in [6, 6.07) is 5.14. The largest absolute Gasteiger partial charge is 0.380 e. The first-order chi connectivity index (χ1) is 12.1. The molecule has 0 unspecified atom stereocenters. The van der Waals surface area contributed by atoms with Crippen LogP contribution in [0.4, 0.5) is 4.39 Å². The highest BCUT2D eigenvalue weighted by molar-refractivity contribution is 7.21. The lowest BCUT2D eigenvalue weighted by molar-refractivity contribution is 0.0911. The fourth-order valence-electron chi connectivity index (χ4n) is 3.50. The summed E-state index contributed by atoms with van der Waals surface area (Å²) in [7, 11) is 1.56. The van der Waals surface area contributed by atoms with E-state index in [1.54, 1.807) is 13.2 Å². The van der Waals surface area contributed by atoms with Crippen molar-refractivity contribution in [2.45, 2.75) is 38.8 Å². The number of carbonyl (C=O) groups is 1. The molecule has 0 bridgehead atoms. The number of amides is 1. The van der Waals surface area contributed by atoms with E-state index < -0.39 is 0 Å². The van der Waals surface area contributed by atoms with E-state index in [9.17, 15) is 9.18 Å². The van der Waals surface area contributed by atoms with Crippen LogP contribution >= 0.6 is 11.3 Å². The fraction of sp³-hybridized carbons (Fsp3) is 0.526. The van der Waals surface area contributed by atoms with Gasteiger partial charge >= 0.3 is 0 Å². The molecule has 0 saturated carbocycles. The number of rotatable bonds is 6. The highest BCUT2D eigenvalue weighted by Gasteiger charge is 2.24. The number of carbonyl (C=O) groups excluding carboxylic acids is 1. The molecule has 0 atom stereocenters. The zero-order valence-electron chi connectivity index (χ0n) is 14.8. The van der Waals surface area contributed by atoms with Crippen LogP contribution in [0.3, 0.4) is 0 Å². The predicted molar refractivity (Wildman–Crippen MR) is 99.7 cm³/mol. The van der Waals surface area contributed by atoms with Gasteiger partial charge in [-0.1, -0.05) is 13.0 Å². The van der Waals surface area contributed by atoms with Gasteiger partial charge in [0, 0.05) is 41.9 Å². The first-order valence-electron chi connectivity index (χ1n) is 8.86.